The Hall–Kier alpha value is -2.38. The molecule has 0 aliphatic carbocycles. The molecule has 0 saturated heterocycles. The number of carbonyl (C=O) groups is 2. The summed E-state index contributed by atoms with van der Waals surface area (Å²) < 4.78 is 11.6. The fourth-order valence-electron chi connectivity index (χ4n) is 2.44. The summed E-state index contributed by atoms with van der Waals surface area (Å²) in [5, 5.41) is 19.6. The second-order valence-electron chi connectivity index (χ2n) is 5.19. The van der Waals surface area contributed by atoms with E-state index in [1.807, 2.05) is 0 Å². The van der Waals surface area contributed by atoms with E-state index in [0.717, 1.165) is 5.39 Å². The number of aliphatic hydroxyl groups excluding tert-OH is 2. The van der Waals surface area contributed by atoms with Crippen LogP contribution in [0.3, 0.4) is 0 Å². The lowest BCUT2D eigenvalue weighted by molar-refractivity contribution is 0.0497. The maximum absolute atomic E-state index is 12.1. The minimum absolute atomic E-state index is 0.000423. The molecule has 1 aromatic heterocycles. The summed E-state index contributed by atoms with van der Waals surface area (Å²) >= 11 is 0. The molecule has 0 aliphatic rings. The highest BCUT2D eigenvalue weighted by Gasteiger charge is 2.20. The summed E-state index contributed by atoms with van der Waals surface area (Å²) in [6.45, 7) is 3.45. The monoisotopic (exact) mass is 335 g/mol. The number of nitrogens with zero attached hydrogens (tertiary/aromatic N) is 1. The van der Waals surface area contributed by atoms with E-state index < -0.39 is 24.6 Å². The molecule has 0 fully saturated rings. The van der Waals surface area contributed by atoms with Crippen LogP contribution in [0.5, 0.6) is 0 Å². The third kappa shape index (κ3) is 3.74. The summed E-state index contributed by atoms with van der Waals surface area (Å²) in [6.07, 6.45) is -1.04. The molecule has 24 heavy (non-hydrogen) atoms. The smallest absolute Gasteiger partial charge is 0.354 e. The van der Waals surface area contributed by atoms with Gasteiger partial charge in [-0.15, -0.1) is 0 Å². The highest BCUT2D eigenvalue weighted by atomic mass is 16.5. The van der Waals surface area contributed by atoms with Crippen molar-refractivity contribution in [3.8, 4) is 0 Å². The first kappa shape index (κ1) is 18.0. The Morgan fingerprint density at radius 2 is 1.79 bits per heavy atom. The number of aliphatic hydroxyl groups is 2. The SMILES string of the molecule is CCOC(=O)c1ccc2cc(C(=O)OCC)n(CC(O)CO)c2c1. The van der Waals surface area contributed by atoms with Gasteiger partial charge in [-0.1, -0.05) is 6.07 Å². The molecule has 7 nitrogen and oxygen atoms in total. The number of benzene rings is 1. The zero-order valence-electron chi connectivity index (χ0n) is 13.7. The van der Waals surface area contributed by atoms with Crippen molar-refractivity contribution in [2.24, 2.45) is 0 Å². The summed E-state index contributed by atoms with van der Waals surface area (Å²) in [7, 11) is 0. The molecular weight excluding hydrogens is 314 g/mol. The number of rotatable bonds is 7. The highest BCUT2D eigenvalue weighted by Crippen LogP contribution is 2.23. The van der Waals surface area contributed by atoms with Crippen LogP contribution in [-0.2, 0) is 16.0 Å². The third-order valence-corrected chi connectivity index (χ3v) is 3.50. The maximum atomic E-state index is 12.1. The number of hydrogen-bond donors (Lipinski definition) is 2. The molecule has 1 unspecified atom stereocenters. The Morgan fingerprint density at radius 3 is 2.42 bits per heavy atom. The molecule has 0 aliphatic heterocycles. The van der Waals surface area contributed by atoms with Gasteiger partial charge in [0.2, 0.25) is 0 Å². The number of esters is 2. The topological polar surface area (TPSA) is 98.0 Å². The highest BCUT2D eigenvalue weighted by molar-refractivity contribution is 5.99. The van der Waals surface area contributed by atoms with Gasteiger partial charge in [0.1, 0.15) is 5.69 Å². The van der Waals surface area contributed by atoms with E-state index in [-0.39, 0.29) is 25.5 Å². The molecular formula is C17H21NO6. The fourth-order valence-corrected chi connectivity index (χ4v) is 2.44. The first-order chi connectivity index (χ1) is 11.5. The van der Waals surface area contributed by atoms with Crippen LogP contribution in [0.15, 0.2) is 24.3 Å². The van der Waals surface area contributed by atoms with Gasteiger partial charge in [-0.2, -0.15) is 0 Å². The van der Waals surface area contributed by atoms with Crippen LogP contribution in [0.1, 0.15) is 34.7 Å². The van der Waals surface area contributed by atoms with Gasteiger partial charge in [0, 0.05) is 10.9 Å². The van der Waals surface area contributed by atoms with Crippen LogP contribution in [0.25, 0.3) is 10.9 Å². The molecule has 1 heterocycles. The van der Waals surface area contributed by atoms with Crippen LogP contribution >= 0.6 is 0 Å². The van der Waals surface area contributed by atoms with Gasteiger partial charge in [-0.3, -0.25) is 0 Å². The number of fused-ring (bicyclic) bond motifs is 1. The van der Waals surface area contributed by atoms with E-state index in [9.17, 15) is 14.7 Å². The zero-order chi connectivity index (χ0) is 17.7. The maximum Gasteiger partial charge on any atom is 0.354 e. The molecule has 0 bridgehead atoms. The standard InChI is InChI=1S/C17H21NO6/c1-3-23-16(21)12-6-5-11-7-15(17(22)24-4-2)18(14(11)8-12)9-13(20)10-19/h5-8,13,19-20H,3-4,9-10H2,1-2H3. The van der Waals surface area contributed by atoms with Gasteiger partial charge < -0.3 is 24.3 Å². The van der Waals surface area contributed by atoms with E-state index in [1.54, 1.807) is 38.1 Å². The predicted molar refractivity (Wildman–Crippen MR) is 86.9 cm³/mol. The molecule has 2 N–H and O–H groups in total. The van der Waals surface area contributed by atoms with Crippen LogP contribution in [0.2, 0.25) is 0 Å². The number of ether oxygens (including phenoxy) is 2. The van der Waals surface area contributed by atoms with Crippen LogP contribution < -0.4 is 0 Å². The van der Waals surface area contributed by atoms with Crippen molar-refractivity contribution in [1.29, 1.82) is 0 Å². The van der Waals surface area contributed by atoms with Gasteiger partial charge in [-0.05, 0) is 32.0 Å². The normalized spacial score (nSPS) is 12.2. The minimum Gasteiger partial charge on any atom is -0.462 e. The van der Waals surface area contributed by atoms with E-state index in [4.69, 9.17) is 14.6 Å². The summed E-state index contributed by atoms with van der Waals surface area (Å²) in [5.41, 5.74) is 1.18. The largest absolute Gasteiger partial charge is 0.462 e. The van der Waals surface area contributed by atoms with Crippen molar-refractivity contribution in [3.63, 3.8) is 0 Å². The Balaban J connectivity index is 2.54. The summed E-state index contributed by atoms with van der Waals surface area (Å²) in [4.78, 5) is 24.1. The lowest BCUT2D eigenvalue weighted by Crippen LogP contribution is -2.23. The van der Waals surface area contributed by atoms with E-state index in [2.05, 4.69) is 0 Å². The Labute approximate surface area is 139 Å². The molecule has 7 heteroatoms. The Kier molecular flexibility index (Phi) is 5.94. The third-order valence-electron chi connectivity index (χ3n) is 3.50. The molecule has 1 atom stereocenters. The lowest BCUT2D eigenvalue weighted by atomic mass is 10.1. The predicted octanol–water partition coefficient (Wildman–Crippen LogP) is 1.35. The molecule has 0 amide bonds. The van der Waals surface area contributed by atoms with Crippen LogP contribution in [-0.4, -0.2) is 52.6 Å². The van der Waals surface area contributed by atoms with Gasteiger partial charge in [0.15, 0.2) is 0 Å². The number of hydrogen-bond acceptors (Lipinski definition) is 6. The van der Waals surface area contributed by atoms with Crippen molar-refractivity contribution >= 4 is 22.8 Å². The summed E-state index contributed by atoms with van der Waals surface area (Å²) in [6, 6.07) is 6.54. The molecule has 2 aromatic rings. The molecule has 0 spiro atoms. The average Bonchev–Trinajstić information content (AvgIpc) is 2.93. The van der Waals surface area contributed by atoms with Gasteiger partial charge in [-0.25, -0.2) is 9.59 Å². The van der Waals surface area contributed by atoms with E-state index >= 15 is 0 Å². The first-order valence-electron chi connectivity index (χ1n) is 7.78. The van der Waals surface area contributed by atoms with E-state index in [1.165, 1.54) is 4.57 Å². The second-order valence-corrected chi connectivity index (χ2v) is 5.19. The van der Waals surface area contributed by atoms with Crippen LogP contribution in [0, 0.1) is 0 Å². The van der Waals surface area contributed by atoms with Gasteiger partial charge in [0.05, 0.1) is 38.0 Å². The molecule has 0 saturated carbocycles. The molecule has 1 aromatic carbocycles. The molecule has 130 valence electrons. The number of carbonyl (C=O) groups excluding carboxylic acids is 2. The first-order valence-corrected chi connectivity index (χ1v) is 7.78. The van der Waals surface area contributed by atoms with Crippen molar-refractivity contribution < 1.29 is 29.3 Å². The van der Waals surface area contributed by atoms with Crippen molar-refractivity contribution in [2.75, 3.05) is 19.8 Å². The Bertz CT molecular complexity index is 736. The lowest BCUT2D eigenvalue weighted by Gasteiger charge is -2.13. The van der Waals surface area contributed by atoms with Crippen molar-refractivity contribution in [2.45, 2.75) is 26.5 Å². The van der Waals surface area contributed by atoms with E-state index in [0.29, 0.717) is 11.1 Å². The zero-order valence-corrected chi connectivity index (χ0v) is 13.7. The summed E-state index contributed by atoms with van der Waals surface area (Å²) in [5.74, 6) is -0.996. The molecule has 2 rings (SSSR count). The average molecular weight is 335 g/mol. The molecule has 0 radical (unpaired) electrons. The fraction of sp³-hybridized carbons (Fsp3) is 0.412. The Morgan fingerprint density at radius 1 is 1.12 bits per heavy atom. The van der Waals surface area contributed by atoms with Crippen LogP contribution in [0.4, 0.5) is 0 Å². The number of aromatic nitrogens is 1. The van der Waals surface area contributed by atoms with Crippen molar-refractivity contribution in [3.05, 3.63) is 35.5 Å². The van der Waals surface area contributed by atoms with Gasteiger partial charge in [0.25, 0.3) is 0 Å². The second kappa shape index (κ2) is 7.94. The minimum atomic E-state index is -1.04. The van der Waals surface area contributed by atoms with Gasteiger partial charge >= 0.3 is 11.9 Å². The quantitative estimate of drug-likeness (QED) is 0.741. The van der Waals surface area contributed by atoms with Crippen molar-refractivity contribution in [1.82, 2.24) is 4.57 Å².